The predicted octanol–water partition coefficient (Wildman–Crippen LogP) is -0.938. The fourth-order valence-corrected chi connectivity index (χ4v) is 1.25. The van der Waals surface area contributed by atoms with Crippen LogP contribution in [0, 0.1) is 0 Å². The summed E-state index contributed by atoms with van der Waals surface area (Å²) in [4.78, 5) is 0. The van der Waals surface area contributed by atoms with Crippen molar-refractivity contribution in [1.29, 1.82) is 0 Å². The first-order chi connectivity index (χ1) is 4.11. The van der Waals surface area contributed by atoms with E-state index in [1.807, 2.05) is 0 Å². The Hall–Kier alpha value is -0.390. The first-order valence-corrected chi connectivity index (χ1v) is 4.04. The summed E-state index contributed by atoms with van der Waals surface area (Å²) in [6.07, 6.45) is 3.54. The highest BCUT2D eigenvalue weighted by atomic mass is 32.2. The zero-order chi connectivity index (χ0) is 6.91. The quantitative estimate of drug-likeness (QED) is 0.488. The van der Waals surface area contributed by atoms with Gasteiger partial charge in [0.2, 0.25) is 0 Å². The van der Waals surface area contributed by atoms with E-state index in [1.54, 1.807) is 12.2 Å². The molecule has 4 nitrogen and oxygen atoms in total. The fraction of sp³-hybridized carbons (Fsp3) is 0.500. The van der Waals surface area contributed by atoms with Crippen molar-refractivity contribution in [3.63, 3.8) is 0 Å². The second-order valence-corrected chi connectivity index (χ2v) is 3.38. The number of hydrogen-bond acceptors (Lipinski definition) is 2. The van der Waals surface area contributed by atoms with Gasteiger partial charge in [-0.25, -0.2) is 5.14 Å². The van der Waals surface area contributed by atoms with Gasteiger partial charge in [0.15, 0.2) is 0 Å². The highest BCUT2D eigenvalue weighted by Gasteiger charge is 2.16. The summed E-state index contributed by atoms with van der Waals surface area (Å²) in [5.41, 5.74) is 0. The van der Waals surface area contributed by atoms with E-state index < -0.39 is 10.2 Å². The fourth-order valence-electron chi connectivity index (χ4n) is 0.667. The molecule has 52 valence electrons. The van der Waals surface area contributed by atoms with Crippen molar-refractivity contribution in [3.05, 3.63) is 12.2 Å². The molecule has 1 aliphatic rings. The maximum Gasteiger partial charge on any atom is 0.277 e. The lowest BCUT2D eigenvalue weighted by atomic mass is 10.6. The second kappa shape index (κ2) is 2.09. The van der Waals surface area contributed by atoms with Crippen LogP contribution in [-0.2, 0) is 10.2 Å². The predicted molar refractivity (Wildman–Crippen MR) is 33.8 cm³/mol. The van der Waals surface area contributed by atoms with Gasteiger partial charge in [-0.2, -0.15) is 12.7 Å². The summed E-state index contributed by atoms with van der Waals surface area (Å²) in [6.45, 7) is 0.831. The van der Waals surface area contributed by atoms with Crippen LogP contribution in [-0.4, -0.2) is 25.8 Å². The molecule has 1 heterocycles. The van der Waals surface area contributed by atoms with Crippen LogP contribution in [0.5, 0.6) is 0 Å². The zero-order valence-corrected chi connectivity index (χ0v) is 5.63. The molecule has 0 aromatic carbocycles. The standard InChI is InChI=1S/C4H8N2O2S/c5-9(7,8)6-3-1-2-4-6/h1-2H,3-4H2,(H2,5,7,8). The van der Waals surface area contributed by atoms with Crippen molar-refractivity contribution in [1.82, 2.24) is 4.31 Å². The summed E-state index contributed by atoms with van der Waals surface area (Å²) >= 11 is 0. The molecule has 2 N–H and O–H groups in total. The van der Waals surface area contributed by atoms with E-state index in [0.29, 0.717) is 13.1 Å². The Morgan fingerprint density at radius 2 is 1.78 bits per heavy atom. The van der Waals surface area contributed by atoms with Crippen LogP contribution in [0.4, 0.5) is 0 Å². The number of rotatable bonds is 1. The molecular formula is C4H8N2O2S. The van der Waals surface area contributed by atoms with Gasteiger partial charge in [-0.15, -0.1) is 0 Å². The molecule has 0 aromatic heterocycles. The Bertz CT molecular complexity index is 211. The van der Waals surface area contributed by atoms with E-state index in [-0.39, 0.29) is 0 Å². The third-order valence-corrected chi connectivity index (χ3v) is 2.16. The lowest BCUT2D eigenvalue weighted by molar-refractivity contribution is 0.489. The molecule has 1 aliphatic heterocycles. The van der Waals surface area contributed by atoms with Gasteiger partial charge in [-0.1, -0.05) is 12.2 Å². The van der Waals surface area contributed by atoms with Crippen molar-refractivity contribution in [3.8, 4) is 0 Å². The van der Waals surface area contributed by atoms with E-state index in [4.69, 9.17) is 5.14 Å². The Morgan fingerprint density at radius 3 is 2.00 bits per heavy atom. The van der Waals surface area contributed by atoms with Gasteiger partial charge in [-0.3, -0.25) is 0 Å². The van der Waals surface area contributed by atoms with Crippen LogP contribution >= 0.6 is 0 Å². The molecule has 0 saturated heterocycles. The summed E-state index contributed by atoms with van der Waals surface area (Å²) in [5, 5.41) is 4.80. The Balaban J connectivity index is 2.68. The van der Waals surface area contributed by atoms with Crippen molar-refractivity contribution in [2.75, 3.05) is 13.1 Å². The molecule has 0 radical (unpaired) electrons. The first-order valence-electron chi connectivity index (χ1n) is 2.53. The molecule has 0 bridgehead atoms. The minimum atomic E-state index is -3.43. The van der Waals surface area contributed by atoms with Crippen molar-refractivity contribution < 1.29 is 8.42 Å². The van der Waals surface area contributed by atoms with E-state index in [0.717, 1.165) is 0 Å². The molecule has 0 amide bonds. The van der Waals surface area contributed by atoms with Crippen LogP contribution in [0.25, 0.3) is 0 Å². The van der Waals surface area contributed by atoms with E-state index >= 15 is 0 Å². The maximum absolute atomic E-state index is 10.5. The van der Waals surface area contributed by atoms with Crippen LogP contribution < -0.4 is 5.14 Å². The average Bonchev–Trinajstić information content (AvgIpc) is 2.08. The second-order valence-electron chi connectivity index (χ2n) is 1.83. The van der Waals surface area contributed by atoms with Gasteiger partial charge >= 0.3 is 0 Å². The third-order valence-electron chi connectivity index (χ3n) is 1.14. The minimum absolute atomic E-state index is 0.416. The molecule has 0 unspecified atom stereocenters. The van der Waals surface area contributed by atoms with E-state index in [2.05, 4.69) is 0 Å². The largest absolute Gasteiger partial charge is 0.277 e. The summed E-state index contributed by atoms with van der Waals surface area (Å²) in [7, 11) is -3.43. The number of nitrogens with zero attached hydrogens (tertiary/aromatic N) is 1. The highest BCUT2D eigenvalue weighted by molar-refractivity contribution is 7.86. The summed E-state index contributed by atoms with van der Waals surface area (Å²) in [6, 6.07) is 0. The van der Waals surface area contributed by atoms with Crippen LogP contribution in [0.1, 0.15) is 0 Å². The van der Waals surface area contributed by atoms with Gasteiger partial charge in [0.05, 0.1) is 0 Å². The normalized spacial score (nSPS) is 21.0. The van der Waals surface area contributed by atoms with Gasteiger partial charge in [-0.05, 0) is 0 Å². The van der Waals surface area contributed by atoms with Crippen molar-refractivity contribution in [2.45, 2.75) is 0 Å². The Morgan fingerprint density at radius 1 is 1.33 bits per heavy atom. The monoisotopic (exact) mass is 148 g/mol. The number of nitrogens with two attached hydrogens (primary N) is 1. The lowest BCUT2D eigenvalue weighted by Gasteiger charge is -2.09. The molecule has 0 aromatic rings. The molecule has 9 heavy (non-hydrogen) atoms. The Labute approximate surface area is 54.1 Å². The summed E-state index contributed by atoms with van der Waals surface area (Å²) in [5.74, 6) is 0. The van der Waals surface area contributed by atoms with Gasteiger partial charge < -0.3 is 0 Å². The molecule has 0 spiro atoms. The minimum Gasteiger partial charge on any atom is -0.216 e. The van der Waals surface area contributed by atoms with Crippen LogP contribution in [0.15, 0.2) is 12.2 Å². The van der Waals surface area contributed by atoms with Gasteiger partial charge in [0.1, 0.15) is 0 Å². The van der Waals surface area contributed by atoms with Crippen molar-refractivity contribution in [2.24, 2.45) is 5.14 Å². The molecule has 0 aliphatic carbocycles. The van der Waals surface area contributed by atoms with Gasteiger partial charge in [0, 0.05) is 13.1 Å². The molecular weight excluding hydrogens is 140 g/mol. The maximum atomic E-state index is 10.5. The molecule has 5 heteroatoms. The lowest BCUT2D eigenvalue weighted by Crippen LogP contribution is -2.34. The zero-order valence-electron chi connectivity index (χ0n) is 4.82. The SMILES string of the molecule is NS(=O)(=O)N1CC=CC1. The highest BCUT2D eigenvalue weighted by Crippen LogP contribution is 2.00. The topological polar surface area (TPSA) is 63.4 Å². The number of hydrogen-bond donors (Lipinski definition) is 1. The molecule has 0 saturated carbocycles. The summed E-state index contributed by atoms with van der Waals surface area (Å²) < 4.78 is 22.2. The van der Waals surface area contributed by atoms with Crippen LogP contribution in [0.3, 0.4) is 0 Å². The molecule has 0 fully saturated rings. The van der Waals surface area contributed by atoms with Crippen molar-refractivity contribution >= 4 is 10.2 Å². The van der Waals surface area contributed by atoms with E-state index in [1.165, 1.54) is 4.31 Å². The average molecular weight is 148 g/mol. The molecule has 0 atom stereocenters. The smallest absolute Gasteiger partial charge is 0.216 e. The Kier molecular flexibility index (Phi) is 1.56. The van der Waals surface area contributed by atoms with Crippen LogP contribution in [0.2, 0.25) is 0 Å². The molecule has 1 rings (SSSR count). The third kappa shape index (κ3) is 1.51. The van der Waals surface area contributed by atoms with E-state index in [9.17, 15) is 8.42 Å². The van der Waals surface area contributed by atoms with Gasteiger partial charge in [0.25, 0.3) is 10.2 Å². The first kappa shape index (κ1) is 6.73.